The molecule has 112 valence electrons. The second-order valence-corrected chi connectivity index (χ2v) is 5.28. The minimum absolute atomic E-state index is 0.512. The zero-order chi connectivity index (χ0) is 15.0. The fraction of sp³-hybridized carbons (Fsp3) is 0.438. The molecule has 21 heavy (non-hydrogen) atoms. The molecular formula is C16H21N3O2. The molecule has 1 aliphatic carbocycles. The molecule has 0 aliphatic heterocycles. The van der Waals surface area contributed by atoms with Crippen LogP contribution in [0.25, 0.3) is 11.3 Å². The third kappa shape index (κ3) is 2.33. The van der Waals surface area contributed by atoms with Crippen LogP contribution in [-0.4, -0.2) is 23.8 Å². The van der Waals surface area contributed by atoms with E-state index < -0.39 is 0 Å². The Morgan fingerprint density at radius 2 is 2.05 bits per heavy atom. The van der Waals surface area contributed by atoms with Crippen molar-refractivity contribution in [3.63, 3.8) is 0 Å². The summed E-state index contributed by atoms with van der Waals surface area (Å²) in [5.74, 6) is 3.28. The minimum atomic E-state index is 0.512. The average Bonchev–Trinajstić information content (AvgIpc) is 3.30. The van der Waals surface area contributed by atoms with Crippen molar-refractivity contribution < 1.29 is 9.47 Å². The number of hydrogen-bond donors (Lipinski definition) is 1. The van der Waals surface area contributed by atoms with Gasteiger partial charge in [0.05, 0.1) is 14.2 Å². The van der Waals surface area contributed by atoms with Gasteiger partial charge in [0.15, 0.2) is 0 Å². The van der Waals surface area contributed by atoms with Crippen molar-refractivity contribution in [2.75, 3.05) is 20.0 Å². The first-order chi connectivity index (χ1) is 10.2. The van der Waals surface area contributed by atoms with E-state index in [0.29, 0.717) is 6.04 Å². The van der Waals surface area contributed by atoms with E-state index in [9.17, 15) is 0 Å². The first kappa shape index (κ1) is 13.8. The summed E-state index contributed by atoms with van der Waals surface area (Å²) < 4.78 is 12.9. The Hall–Kier alpha value is -2.17. The van der Waals surface area contributed by atoms with Crippen molar-refractivity contribution in [3.05, 3.63) is 24.0 Å². The maximum Gasteiger partial charge on any atom is 0.132 e. The number of methoxy groups -OCH3 is 2. The standard InChI is InChI=1S/C16H21N3O2/c1-4-14-18-15(16(17)19(14)10-5-6-10)12-9-11(20-2)7-8-13(12)21-3/h7-10H,4-6,17H2,1-3H3. The van der Waals surface area contributed by atoms with Crippen molar-refractivity contribution in [2.45, 2.75) is 32.2 Å². The van der Waals surface area contributed by atoms with Gasteiger partial charge in [-0.05, 0) is 31.0 Å². The smallest absolute Gasteiger partial charge is 0.132 e. The molecule has 1 heterocycles. The van der Waals surface area contributed by atoms with E-state index in [4.69, 9.17) is 20.2 Å². The molecule has 1 aliphatic rings. The number of nitrogen functional groups attached to an aromatic ring is 1. The van der Waals surface area contributed by atoms with Crippen molar-refractivity contribution in [1.82, 2.24) is 9.55 Å². The van der Waals surface area contributed by atoms with Crippen molar-refractivity contribution in [2.24, 2.45) is 0 Å². The zero-order valence-corrected chi connectivity index (χ0v) is 12.7. The quantitative estimate of drug-likeness (QED) is 0.918. The van der Waals surface area contributed by atoms with Gasteiger partial charge < -0.3 is 19.8 Å². The summed E-state index contributed by atoms with van der Waals surface area (Å²) in [6.07, 6.45) is 3.23. The second kappa shape index (κ2) is 5.31. The van der Waals surface area contributed by atoms with Gasteiger partial charge in [0.2, 0.25) is 0 Å². The van der Waals surface area contributed by atoms with Crippen LogP contribution in [0.15, 0.2) is 18.2 Å². The lowest BCUT2D eigenvalue weighted by atomic mass is 10.1. The highest BCUT2D eigenvalue weighted by Crippen LogP contribution is 2.43. The molecule has 3 rings (SSSR count). The predicted molar refractivity (Wildman–Crippen MR) is 82.8 cm³/mol. The van der Waals surface area contributed by atoms with Crippen molar-refractivity contribution in [1.29, 1.82) is 0 Å². The maximum absolute atomic E-state index is 6.37. The van der Waals surface area contributed by atoms with E-state index >= 15 is 0 Å². The molecule has 0 amide bonds. The average molecular weight is 287 g/mol. The van der Waals surface area contributed by atoms with Gasteiger partial charge >= 0.3 is 0 Å². The van der Waals surface area contributed by atoms with E-state index in [0.717, 1.165) is 40.8 Å². The molecule has 2 aromatic rings. The normalized spacial score (nSPS) is 14.2. The van der Waals surface area contributed by atoms with E-state index in [1.165, 1.54) is 12.8 Å². The number of nitrogens with two attached hydrogens (primary N) is 1. The summed E-state index contributed by atoms with van der Waals surface area (Å²) in [5, 5.41) is 0. The molecule has 0 spiro atoms. The Labute approximate surface area is 124 Å². The number of ether oxygens (including phenoxy) is 2. The summed E-state index contributed by atoms with van der Waals surface area (Å²) in [6.45, 7) is 2.10. The van der Waals surface area contributed by atoms with Crippen LogP contribution >= 0.6 is 0 Å². The topological polar surface area (TPSA) is 62.3 Å². The number of nitrogens with zero attached hydrogens (tertiary/aromatic N) is 2. The Morgan fingerprint density at radius 3 is 2.62 bits per heavy atom. The van der Waals surface area contributed by atoms with Crippen LogP contribution in [0.1, 0.15) is 31.6 Å². The maximum atomic E-state index is 6.37. The van der Waals surface area contributed by atoms with Gasteiger partial charge in [-0.1, -0.05) is 6.92 Å². The second-order valence-electron chi connectivity index (χ2n) is 5.28. The molecule has 0 bridgehead atoms. The molecule has 1 saturated carbocycles. The molecule has 2 N–H and O–H groups in total. The Morgan fingerprint density at radius 1 is 1.29 bits per heavy atom. The molecule has 0 unspecified atom stereocenters. The molecule has 1 aromatic carbocycles. The molecule has 0 saturated heterocycles. The number of anilines is 1. The molecular weight excluding hydrogens is 266 g/mol. The number of benzene rings is 1. The lowest BCUT2D eigenvalue weighted by Crippen LogP contribution is -2.04. The van der Waals surface area contributed by atoms with Gasteiger partial charge in [-0.2, -0.15) is 0 Å². The van der Waals surface area contributed by atoms with Crippen LogP contribution in [0, 0.1) is 0 Å². The van der Waals surface area contributed by atoms with Crippen LogP contribution in [0.4, 0.5) is 5.82 Å². The third-order valence-corrected chi connectivity index (χ3v) is 3.91. The van der Waals surface area contributed by atoms with Crippen LogP contribution in [-0.2, 0) is 6.42 Å². The highest BCUT2D eigenvalue weighted by Gasteiger charge is 2.30. The fourth-order valence-corrected chi connectivity index (χ4v) is 2.68. The van der Waals surface area contributed by atoms with Crippen LogP contribution in [0.5, 0.6) is 11.5 Å². The van der Waals surface area contributed by atoms with Gasteiger partial charge in [0.1, 0.15) is 28.8 Å². The minimum Gasteiger partial charge on any atom is -0.497 e. The summed E-state index contributed by atoms with van der Waals surface area (Å²) in [5.41, 5.74) is 8.04. The summed E-state index contributed by atoms with van der Waals surface area (Å²) in [6, 6.07) is 6.19. The number of hydrogen-bond acceptors (Lipinski definition) is 4. The molecule has 1 aromatic heterocycles. The number of rotatable bonds is 5. The van der Waals surface area contributed by atoms with E-state index in [-0.39, 0.29) is 0 Å². The predicted octanol–water partition coefficient (Wildman–Crippen LogP) is 3.05. The fourth-order valence-electron chi connectivity index (χ4n) is 2.68. The highest BCUT2D eigenvalue weighted by atomic mass is 16.5. The monoisotopic (exact) mass is 287 g/mol. The van der Waals surface area contributed by atoms with Crippen molar-refractivity contribution in [3.8, 4) is 22.8 Å². The summed E-state index contributed by atoms with van der Waals surface area (Å²) >= 11 is 0. The largest absolute Gasteiger partial charge is 0.497 e. The lowest BCUT2D eigenvalue weighted by Gasteiger charge is -2.10. The Kier molecular flexibility index (Phi) is 3.49. The van der Waals surface area contributed by atoms with E-state index in [2.05, 4.69) is 11.5 Å². The van der Waals surface area contributed by atoms with Crippen LogP contribution in [0.3, 0.4) is 0 Å². The molecule has 1 fully saturated rings. The Balaban J connectivity index is 2.15. The number of aromatic nitrogens is 2. The summed E-state index contributed by atoms with van der Waals surface area (Å²) in [7, 11) is 3.30. The van der Waals surface area contributed by atoms with Gasteiger partial charge in [-0.3, -0.25) is 0 Å². The molecule has 5 nitrogen and oxygen atoms in total. The molecule has 0 atom stereocenters. The van der Waals surface area contributed by atoms with E-state index in [1.807, 2.05) is 18.2 Å². The lowest BCUT2D eigenvalue weighted by molar-refractivity contribution is 0.404. The van der Waals surface area contributed by atoms with Crippen molar-refractivity contribution >= 4 is 5.82 Å². The Bertz CT molecular complexity index is 660. The van der Waals surface area contributed by atoms with Gasteiger partial charge in [-0.15, -0.1) is 0 Å². The summed E-state index contributed by atoms with van der Waals surface area (Å²) in [4.78, 5) is 4.75. The third-order valence-electron chi connectivity index (χ3n) is 3.91. The number of aryl methyl sites for hydroxylation is 1. The van der Waals surface area contributed by atoms with Crippen LogP contribution in [0.2, 0.25) is 0 Å². The van der Waals surface area contributed by atoms with Crippen LogP contribution < -0.4 is 15.2 Å². The van der Waals surface area contributed by atoms with Gasteiger partial charge in [-0.25, -0.2) is 4.98 Å². The van der Waals surface area contributed by atoms with Gasteiger partial charge in [0.25, 0.3) is 0 Å². The highest BCUT2D eigenvalue weighted by molar-refractivity contribution is 5.77. The van der Waals surface area contributed by atoms with E-state index in [1.54, 1.807) is 14.2 Å². The zero-order valence-electron chi connectivity index (χ0n) is 12.7. The molecule has 0 radical (unpaired) electrons. The first-order valence-corrected chi connectivity index (χ1v) is 7.28. The number of imidazole rings is 1. The van der Waals surface area contributed by atoms with Gasteiger partial charge in [0, 0.05) is 18.0 Å². The molecule has 5 heteroatoms. The SMILES string of the molecule is CCc1nc(-c2cc(OC)ccc2OC)c(N)n1C1CC1. The first-order valence-electron chi connectivity index (χ1n) is 7.28.